The van der Waals surface area contributed by atoms with E-state index in [9.17, 15) is 0 Å². The Labute approximate surface area is 124 Å². The van der Waals surface area contributed by atoms with Crippen molar-refractivity contribution in [3.05, 3.63) is 56.9 Å². The zero-order chi connectivity index (χ0) is 13.0. The van der Waals surface area contributed by atoms with Gasteiger partial charge in [0.15, 0.2) is 4.67 Å². The first-order valence-electron chi connectivity index (χ1n) is 5.92. The lowest BCUT2D eigenvalue weighted by atomic mass is 10.0. The summed E-state index contributed by atoms with van der Waals surface area (Å²) in [6, 6.07) is 12.8. The molecule has 1 unspecified atom stereocenters. The van der Waals surface area contributed by atoms with Crippen molar-refractivity contribution in [2.75, 3.05) is 0 Å². The third-order valence-electron chi connectivity index (χ3n) is 2.83. The molecular formula is C14H15Br2NO. The van der Waals surface area contributed by atoms with Gasteiger partial charge in [-0.15, -0.1) is 0 Å². The summed E-state index contributed by atoms with van der Waals surface area (Å²) in [5.74, 6) is 0.920. The van der Waals surface area contributed by atoms with Gasteiger partial charge in [-0.2, -0.15) is 0 Å². The molecule has 1 aromatic heterocycles. The average molecular weight is 373 g/mol. The largest absolute Gasteiger partial charge is 0.452 e. The molecule has 2 rings (SSSR count). The maximum Gasteiger partial charge on any atom is 0.183 e. The van der Waals surface area contributed by atoms with Crippen molar-refractivity contribution in [1.29, 1.82) is 0 Å². The standard InChI is InChI=1S/C14H15Br2NO/c1-2-13(10-6-4-3-5-7-10)17-9-11-8-12(15)14(16)18-11/h3-8,13,17H,2,9H2,1H3. The average Bonchev–Trinajstić information content (AvgIpc) is 2.71. The van der Waals surface area contributed by atoms with Gasteiger partial charge in [-0.05, 0) is 49.9 Å². The van der Waals surface area contributed by atoms with Crippen LogP contribution in [0, 0.1) is 0 Å². The van der Waals surface area contributed by atoms with Crippen molar-refractivity contribution < 1.29 is 4.42 Å². The van der Waals surface area contributed by atoms with E-state index in [0.717, 1.165) is 27.9 Å². The van der Waals surface area contributed by atoms with Gasteiger partial charge in [0, 0.05) is 6.04 Å². The lowest BCUT2D eigenvalue weighted by Crippen LogP contribution is -2.19. The van der Waals surface area contributed by atoms with Gasteiger partial charge >= 0.3 is 0 Å². The highest BCUT2D eigenvalue weighted by Crippen LogP contribution is 2.27. The molecule has 1 N–H and O–H groups in total. The molecule has 18 heavy (non-hydrogen) atoms. The summed E-state index contributed by atoms with van der Waals surface area (Å²) in [5, 5.41) is 3.51. The van der Waals surface area contributed by atoms with E-state index in [0.29, 0.717) is 6.04 Å². The van der Waals surface area contributed by atoms with Crippen molar-refractivity contribution in [2.24, 2.45) is 0 Å². The molecule has 0 radical (unpaired) electrons. The lowest BCUT2D eigenvalue weighted by Gasteiger charge is -2.16. The SMILES string of the molecule is CCC(NCc1cc(Br)c(Br)o1)c1ccccc1. The normalized spacial score (nSPS) is 12.6. The number of furan rings is 1. The highest BCUT2D eigenvalue weighted by atomic mass is 79.9. The van der Waals surface area contributed by atoms with Crippen LogP contribution in [0.5, 0.6) is 0 Å². The second-order valence-corrected chi connectivity index (χ2v) is 5.66. The molecule has 4 heteroatoms. The molecule has 96 valence electrons. The fraction of sp³-hybridized carbons (Fsp3) is 0.286. The summed E-state index contributed by atoms with van der Waals surface area (Å²) in [4.78, 5) is 0. The predicted octanol–water partition coefficient (Wildman–Crippen LogP) is 5.05. The Morgan fingerprint density at radius 3 is 2.50 bits per heavy atom. The van der Waals surface area contributed by atoms with E-state index in [1.54, 1.807) is 0 Å². The molecule has 1 aromatic carbocycles. The maximum atomic E-state index is 5.55. The van der Waals surface area contributed by atoms with Crippen molar-refractivity contribution >= 4 is 31.9 Å². The number of benzene rings is 1. The van der Waals surface area contributed by atoms with Gasteiger partial charge in [0.2, 0.25) is 0 Å². The van der Waals surface area contributed by atoms with E-state index in [1.165, 1.54) is 5.56 Å². The number of hydrogen-bond donors (Lipinski definition) is 1. The smallest absolute Gasteiger partial charge is 0.183 e. The molecule has 1 heterocycles. The lowest BCUT2D eigenvalue weighted by molar-refractivity contribution is 0.432. The van der Waals surface area contributed by atoms with Crippen LogP contribution in [0.15, 0.2) is 50.0 Å². The molecule has 1 atom stereocenters. The molecule has 0 spiro atoms. The molecule has 2 aromatic rings. The fourth-order valence-electron chi connectivity index (χ4n) is 1.89. The van der Waals surface area contributed by atoms with Crippen LogP contribution >= 0.6 is 31.9 Å². The third-order valence-corrected chi connectivity index (χ3v) is 4.54. The zero-order valence-electron chi connectivity index (χ0n) is 10.1. The summed E-state index contributed by atoms with van der Waals surface area (Å²) >= 11 is 6.76. The van der Waals surface area contributed by atoms with Crippen LogP contribution < -0.4 is 5.32 Å². The quantitative estimate of drug-likeness (QED) is 0.794. The van der Waals surface area contributed by atoms with Crippen LogP contribution in [0.2, 0.25) is 0 Å². The van der Waals surface area contributed by atoms with Crippen molar-refractivity contribution in [3.8, 4) is 0 Å². The monoisotopic (exact) mass is 371 g/mol. The van der Waals surface area contributed by atoms with Gasteiger partial charge in [-0.3, -0.25) is 0 Å². The van der Waals surface area contributed by atoms with E-state index in [2.05, 4.69) is 68.4 Å². The van der Waals surface area contributed by atoms with Gasteiger partial charge in [0.05, 0.1) is 11.0 Å². The number of rotatable bonds is 5. The minimum atomic E-state index is 0.355. The second kappa shape index (κ2) is 6.55. The van der Waals surface area contributed by atoms with E-state index in [4.69, 9.17) is 4.42 Å². The summed E-state index contributed by atoms with van der Waals surface area (Å²) in [6.45, 7) is 2.90. The Hall–Kier alpha value is -0.580. The molecule has 0 fully saturated rings. The highest BCUT2D eigenvalue weighted by Gasteiger charge is 2.10. The first kappa shape index (κ1) is 13.8. The first-order chi connectivity index (χ1) is 8.70. The Morgan fingerprint density at radius 1 is 1.22 bits per heavy atom. The molecule has 2 nitrogen and oxygen atoms in total. The number of hydrogen-bond acceptors (Lipinski definition) is 2. The first-order valence-corrected chi connectivity index (χ1v) is 7.51. The number of halogens is 2. The van der Waals surface area contributed by atoms with E-state index < -0.39 is 0 Å². The Morgan fingerprint density at radius 2 is 1.94 bits per heavy atom. The van der Waals surface area contributed by atoms with Crippen molar-refractivity contribution in [1.82, 2.24) is 5.32 Å². The van der Waals surface area contributed by atoms with Gasteiger partial charge in [-0.1, -0.05) is 37.3 Å². The molecular weight excluding hydrogens is 358 g/mol. The fourth-order valence-corrected chi connectivity index (χ4v) is 2.54. The van der Waals surface area contributed by atoms with Crippen LogP contribution in [0.1, 0.15) is 30.7 Å². The van der Waals surface area contributed by atoms with E-state index >= 15 is 0 Å². The van der Waals surface area contributed by atoms with Crippen LogP contribution in [0.3, 0.4) is 0 Å². The minimum Gasteiger partial charge on any atom is -0.452 e. The van der Waals surface area contributed by atoms with Crippen molar-refractivity contribution in [2.45, 2.75) is 25.9 Å². The molecule has 0 aliphatic heterocycles. The van der Waals surface area contributed by atoms with Crippen LogP contribution in [-0.2, 0) is 6.54 Å². The Kier molecular flexibility index (Phi) is 5.03. The summed E-state index contributed by atoms with van der Waals surface area (Å²) in [5.41, 5.74) is 1.31. The Bertz CT molecular complexity index is 476. The van der Waals surface area contributed by atoms with Gasteiger partial charge in [0.1, 0.15) is 5.76 Å². The van der Waals surface area contributed by atoms with Crippen LogP contribution in [-0.4, -0.2) is 0 Å². The predicted molar refractivity (Wildman–Crippen MR) is 80.4 cm³/mol. The van der Waals surface area contributed by atoms with Crippen LogP contribution in [0.25, 0.3) is 0 Å². The number of nitrogens with one attached hydrogen (secondary N) is 1. The van der Waals surface area contributed by atoms with E-state index in [1.807, 2.05) is 12.1 Å². The molecule has 0 bridgehead atoms. The molecule has 0 aliphatic carbocycles. The summed E-state index contributed by atoms with van der Waals surface area (Å²) < 4.78 is 7.25. The Balaban J connectivity index is 1.99. The molecule has 0 saturated heterocycles. The summed E-state index contributed by atoms with van der Waals surface area (Å²) in [6.07, 6.45) is 1.05. The highest BCUT2D eigenvalue weighted by molar-refractivity contribution is 9.13. The zero-order valence-corrected chi connectivity index (χ0v) is 13.3. The van der Waals surface area contributed by atoms with Gasteiger partial charge < -0.3 is 9.73 Å². The van der Waals surface area contributed by atoms with Crippen molar-refractivity contribution in [3.63, 3.8) is 0 Å². The summed E-state index contributed by atoms with van der Waals surface area (Å²) in [7, 11) is 0. The third kappa shape index (κ3) is 3.46. The van der Waals surface area contributed by atoms with Gasteiger partial charge in [-0.25, -0.2) is 0 Å². The molecule has 0 aliphatic rings. The molecule has 0 amide bonds. The maximum absolute atomic E-state index is 5.55. The molecule has 0 saturated carbocycles. The second-order valence-electron chi connectivity index (χ2n) is 4.09. The van der Waals surface area contributed by atoms with Gasteiger partial charge in [0.25, 0.3) is 0 Å². The van der Waals surface area contributed by atoms with E-state index in [-0.39, 0.29) is 0 Å². The minimum absolute atomic E-state index is 0.355. The topological polar surface area (TPSA) is 25.2 Å². The van der Waals surface area contributed by atoms with Crippen LogP contribution in [0.4, 0.5) is 0 Å².